The van der Waals surface area contributed by atoms with E-state index in [4.69, 9.17) is 4.74 Å². The van der Waals surface area contributed by atoms with Crippen LogP contribution >= 0.6 is 55.4 Å². The van der Waals surface area contributed by atoms with Gasteiger partial charge < -0.3 is 15.2 Å². The van der Waals surface area contributed by atoms with E-state index in [1.165, 1.54) is 30.4 Å². The molecule has 0 fully saturated rings. The summed E-state index contributed by atoms with van der Waals surface area (Å²) in [7, 11) is 0. The first-order chi connectivity index (χ1) is 13.9. The van der Waals surface area contributed by atoms with Crippen LogP contribution in [0.2, 0.25) is 0 Å². The lowest BCUT2D eigenvalue weighted by Crippen LogP contribution is -2.07. The van der Waals surface area contributed by atoms with Crippen molar-refractivity contribution in [3.8, 4) is 11.5 Å². The van der Waals surface area contributed by atoms with Gasteiger partial charge in [0.25, 0.3) is 0 Å². The molecule has 0 spiro atoms. The summed E-state index contributed by atoms with van der Waals surface area (Å²) >= 11 is 9.97. The summed E-state index contributed by atoms with van der Waals surface area (Å²) in [5.41, 5.74) is 0.581. The van der Waals surface area contributed by atoms with Gasteiger partial charge >= 0.3 is 0 Å². The van der Waals surface area contributed by atoms with E-state index in [0.29, 0.717) is 17.4 Å². The summed E-state index contributed by atoms with van der Waals surface area (Å²) in [6.45, 7) is 1.45. The number of amides is 1. The van der Waals surface area contributed by atoms with Gasteiger partial charge in [-0.2, -0.15) is 0 Å². The summed E-state index contributed by atoms with van der Waals surface area (Å²) < 4.78 is 7.69. The maximum atomic E-state index is 11.7. The normalized spacial score (nSPS) is 10.6. The zero-order valence-electron chi connectivity index (χ0n) is 15.3. The highest BCUT2D eigenvalue weighted by Gasteiger charge is 2.14. The number of phenols is 1. The first-order valence-corrected chi connectivity index (χ1v) is 11.9. The third kappa shape index (κ3) is 6.18. The number of thioether (sulfide) groups is 1. The Morgan fingerprint density at radius 3 is 2.24 bits per heavy atom. The van der Waals surface area contributed by atoms with Gasteiger partial charge in [0.15, 0.2) is 11.5 Å². The topological polar surface area (TPSA) is 58.6 Å². The predicted molar refractivity (Wildman–Crippen MR) is 126 cm³/mol. The number of hydrogen-bond acceptors (Lipinski definition) is 5. The maximum absolute atomic E-state index is 11.7. The van der Waals surface area contributed by atoms with Crippen molar-refractivity contribution in [3.63, 3.8) is 0 Å². The number of hydrogen-bond donors (Lipinski definition) is 2. The van der Waals surface area contributed by atoms with E-state index in [1.807, 2.05) is 48.5 Å². The van der Waals surface area contributed by atoms with Crippen LogP contribution in [0.4, 0.5) is 5.69 Å². The number of ether oxygens (including phenoxy) is 1. The minimum atomic E-state index is -0.196. The number of carbonyl (C=O) groups is 1. The second kappa shape index (κ2) is 10.4. The molecule has 8 heteroatoms. The highest BCUT2D eigenvalue weighted by molar-refractivity contribution is 9.10. The Hall–Kier alpha value is -1.61. The van der Waals surface area contributed by atoms with Gasteiger partial charge in [0.2, 0.25) is 5.91 Å². The number of halogens is 2. The predicted octanol–water partition coefficient (Wildman–Crippen LogP) is 7.16. The molecule has 0 unspecified atom stereocenters. The Morgan fingerprint density at radius 1 is 1.00 bits per heavy atom. The average Bonchev–Trinajstić information content (AvgIpc) is 2.68. The zero-order chi connectivity index (χ0) is 20.8. The van der Waals surface area contributed by atoms with Gasteiger partial charge in [-0.1, -0.05) is 47.8 Å². The van der Waals surface area contributed by atoms with E-state index in [-0.39, 0.29) is 11.7 Å². The van der Waals surface area contributed by atoms with Crippen molar-refractivity contribution < 1.29 is 14.6 Å². The van der Waals surface area contributed by atoms with Gasteiger partial charge in [-0.05, 0) is 62.2 Å². The molecule has 0 atom stereocenters. The molecule has 0 saturated carbocycles. The number of aromatic hydroxyl groups is 1. The van der Waals surface area contributed by atoms with E-state index >= 15 is 0 Å². The first-order valence-electron chi connectivity index (χ1n) is 8.51. The Balaban J connectivity index is 1.80. The van der Waals surface area contributed by atoms with Crippen LogP contribution in [-0.2, 0) is 4.79 Å². The Bertz CT molecular complexity index is 1030. The lowest BCUT2D eigenvalue weighted by Gasteiger charge is -2.15. The first kappa shape index (κ1) is 22.1. The van der Waals surface area contributed by atoms with Gasteiger partial charge in [0.1, 0.15) is 5.94 Å². The Labute approximate surface area is 194 Å². The molecule has 3 aromatic carbocycles. The summed E-state index contributed by atoms with van der Waals surface area (Å²) in [6, 6.07) is 18.9. The van der Waals surface area contributed by atoms with E-state index in [1.54, 1.807) is 12.1 Å². The lowest BCUT2D eigenvalue weighted by molar-refractivity contribution is -0.114. The van der Waals surface area contributed by atoms with Crippen LogP contribution in [0.1, 0.15) is 6.92 Å². The Kier molecular flexibility index (Phi) is 7.94. The van der Waals surface area contributed by atoms with Crippen LogP contribution in [0.3, 0.4) is 0 Å². The summed E-state index contributed by atoms with van der Waals surface area (Å²) in [4.78, 5) is 14.4. The average molecular weight is 555 g/mol. The standard InChI is InChI=1S/C21H17Br2NO3S2/c1-13(25)24-16-10-18(27-12-28-19-8-4-2-6-14(19)22)17(26)11-21(16)29-20-9-5-3-7-15(20)23/h2-11,26H,12H2,1H3,(H,24,25). The van der Waals surface area contributed by atoms with Gasteiger partial charge in [-0.3, -0.25) is 4.79 Å². The molecule has 0 aliphatic carbocycles. The molecule has 3 aromatic rings. The molecular weight excluding hydrogens is 538 g/mol. The highest BCUT2D eigenvalue weighted by Crippen LogP contribution is 2.43. The number of anilines is 1. The second-order valence-corrected chi connectivity index (χ2v) is 9.62. The molecule has 3 rings (SSSR count). The summed E-state index contributed by atoms with van der Waals surface area (Å²) in [5, 5.41) is 13.3. The minimum Gasteiger partial charge on any atom is -0.504 e. The summed E-state index contributed by atoms with van der Waals surface area (Å²) in [5.74, 6) is 0.441. The molecule has 29 heavy (non-hydrogen) atoms. The number of nitrogens with one attached hydrogen (secondary N) is 1. The fraction of sp³-hybridized carbons (Fsp3) is 0.0952. The van der Waals surface area contributed by atoms with Crippen molar-refractivity contribution in [2.45, 2.75) is 21.6 Å². The smallest absolute Gasteiger partial charge is 0.221 e. The maximum Gasteiger partial charge on any atom is 0.221 e. The molecule has 1 amide bonds. The van der Waals surface area contributed by atoms with Crippen molar-refractivity contribution in [1.82, 2.24) is 0 Å². The third-order valence-corrected chi connectivity index (χ3v) is 7.64. The van der Waals surface area contributed by atoms with Crippen LogP contribution in [0.15, 0.2) is 84.3 Å². The molecule has 150 valence electrons. The van der Waals surface area contributed by atoms with Crippen LogP contribution in [-0.4, -0.2) is 17.0 Å². The molecule has 0 saturated heterocycles. The van der Waals surface area contributed by atoms with Crippen LogP contribution in [0, 0.1) is 0 Å². The molecule has 0 aromatic heterocycles. The highest BCUT2D eigenvalue weighted by atomic mass is 79.9. The van der Waals surface area contributed by atoms with Crippen molar-refractivity contribution in [1.29, 1.82) is 0 Å². The monoisotopic (exact) mass is 553 g/mol. The number of benzene rings is 3. The van der Waals surface area contributed by atoms with E-state index < -0.39 is 0 Å². The van der Waals surface area contributed by atoms with Crippen LogP contribution in [0.5, 0.6) is 11.5 Å². The van der Waals surface area contributed by atoms with Gasteiger partial charge in [-0.15, -0.1) is 0 Å². The molecule has 0 radical (unpaired) electrons. The van der Waals surface area contributed by atoms with Crippen LogP contribution < -0.4 is 10.1 Å². The minimum absolute atomic E-state index is 0.0152. The second-order valence-electron chi connectivity index (χ2n) is 5.87. The van der Waals surface area contributed by atoms with E-state index in [0.717, 1.165) is 23.6 Å². The lowest BCUT2D eigenvalue weighted by atomic mass is 10.2. The molecule has 0 aliphatic rings. The fourth-order valence-electron chi connectivity index (χ4n) is 2.40. The SMILES string of the molecule is CC(=O)Nc1cc(OCSc2ccccc2Br)c(O)cc1Sc1ccccc1Br. The van der Waals surface area contributed by atoms with E-state index in [9.17, 15) is 9.90 Å². The molecule has 2 N–H and O–H groups in total. The van der Waals surface area contributed by atoms with Gasteiger partial charge in [-0.25, -0.2) is 0 Å². The fourth-order valence-corrected chi connectivity index (χ4v) is 5.19. The molecule has 0 bridgehead atoms. The number of carbonyl (C=O) groups excluding carboxylic acids is 1. The van der Waals surface area contributed by atoms with Gasteiger partial charge in [0, 0.05) is 36.6 Å². The third-order valence-electron chi connectivity index (χ3n) is 3.69. The molecule has 0 aliphatic heterocycles. The quantitative estimate of drug-likeness (QED) is 0.184. The van der Waals surface area contributed by atoms with Crippen molar-refractivity contribution >= 4 is 67.0 Å². The number of rotatable bonds is 7. The zero-order valence-corrected chi connectivity index (χ0v) is 20.1. The molecule has 4 nitrogen and oxygen atoms in total. The van der Waals surface area contributed by atoms with E-state index in [2.05, 4.69) is 37.2 Å². The van der Waals surface area contributed by atoms with Crippen molar-refractivity contribution in [2.24, 2.45) is 0 Å². The molecule has 0 heterocycles. The van der Waals surface area contributed by atoms with Gasteiger partial charge in [0.05, 0.1) is 5.69 Å². The number of phenolic OH excluding ortho intramolecular Hbond substituents is 1. The van der Waals surface area contributed by atoms with Crippen molar-refractivity contribution in [2.75, 3.05) is 11.3 Å². The molecular formula is C21H17Br2NO3S2. The Morgan fingerprint density at radius 2 is 1.62 bits per heavy atom. The summed E-state index contributed by atoms with van der Waals surface area (Å²) in [6.07, 6.45) is 0. The van der Waals surface area contributed by atoms with Crippen LogP contribution in [0.25, 0.3) is 0 Å². The largest absolute Gasteiger partial charge is 0.504 e. The van der Waals surface area contributed by atoms with Crippen molar-refractivity contribution in [3.05, 3.63) is 69.6 Å².